The van der Waals surface area contributed by atoms with E-state index in [0.29, 0.717) is 17.5 Å². The molecule has 0 atom stereocenters. The highest BCUT2D eigenvalue weighted by Gasteiger charge is 2.51. The highest BCUT2D eigenvalue weighted by Crippen LogP contribution is 2.63. The summed E-state index contributed by atoms with van der Waals surface area (Å²) >= 11 is 0. The molecule has 2 aliphatic rings. The van der Waals surface area contributed by atoms with Gasteiger partial charge in [-0.1, -0.05) is 194 Å². The largest absolute Gasteiger partial charge is 0.456 e. The summed E-state index contributed by atoms with van der Waals surface area (Å²) in [5.41, 5.74) is 14.0. The maximum absolute atomic E-state index is 6.93. The summed E-state index contributed by atoms with van der Waals surface area (Å²) in [6.07, 6.45) is 0. The van der Waals surface area contributed by atoms with Gasteiger partial charge in [0.15, 0.2) is 17.5 Å². The second-order valence-electron chi connectivity index (χ2n) is 14.3. The lowest BCUT2D eigenvalue weighted by molar-refractivity contribution is 0.438. The molecule has 1 aromatic heterocycles. The predicted octanol–water partition coefficient (Wildman–Crippen LogP) is 12.7. The van der Waals surface area contributed by atoms with Crippen molar-refractivity contribution in [2.45, 2.75) is 5.41 Å². The van der Waals surface area contributed by atoms with Gasteiger partial charge in [0, 0.05) is 33.4 Å². The van der Waals surface area contributed by atoms with Gasteiger partial charge in [-0.15, -0.1) is 0 Å². The standard InChI is InChI=1S/C52H33N3O/c1-3-14-34(15-4-1)35-26-30-38(31-27-35)50-53-49(37-16-5-2-6-17-37)54-51(55-50)39-32-28-36(29-33-39)40-20-13-24-46-48(40)56-47-25-12-11-23-45(47)52(46)43-21-9-7-18-41(43)42-19-8-10-22-44(42)52/h1-33H. The summed E-state index contributed by atoms with van der Waals surface area (Å²) in [6, 6.07) is 70.1. The van der Waals surface area contributed by atoms with E-state index in [0.717, 1.165) is 56.0 Å². The molecule has 2 heterocycles. The zero-order chi connectivity index (χ0) is 37.1. The summed E-state index contributed by atoms with van der Waals surface area (Å²) in [7, 11) is 0. The fraction of sp³-hybridized carbons (Fsp3) is 0.0192. The van der Waals surface area contributed by atoms with Gasteiger partial charge in [-0.05, 0) is 45.0 Å². The second-order valence-corrected chi connectivity index (χ2v) is 14.3. The van der Waals surface area contributed by atoms with Crippen molar-refractivity contribution in [1.82, 2.24) is 15.0 Å². The Bertz CT molecular complexity index is 2880. The van der Waals surface area contributed by atoms with Crippen LogP contribution in [0.2, 0.25) is 0 Å². The summed E-state index contributed by atoms with van der Waals surface area (Å²) in [4.78, 5) is 15.0. The monoisotopic (exact) mass is 715 g/mol. The molecule has 0 unspecified atom stereocenters. The molecule has 1 spiro atoms. The molecule has 8 aromatic carbocycles. The molecule has 56 heavy (non-hydrogen) atoms. The van der Waals surface area contributed by atoms with Gasteiger partial charge in [0.05, 0.1) is 5.41 Å². The Morgan fingerprint density at radius 2 is 0.679 bits per heavy atom. The first-order valence-corrected chi connectivity index (χ1v) is 18.9. The number of rotatable bonds is 5. The molecular formula is C52H33N3O. The molecule has 4 nitrogen and oxygen atoms in total. The predicted molar refractivity (Wildman–Crippen MR) is 224 cm³/mol. The smallest absolute Gasteiger partial charge is 0.164 e. The first-order valence-electron chi connectivity index (χ1n) is 18.9. The highest BCUT2D eigenvalue weighted by atomic mass is 16.5. The van der Waals surface area contributed by atoms with E-state index in [1.807, 2.05) is 36.4 Å². The van der Waals surface area contributed by atoms with E-state index < -0.39 is 5.41 Å². The molecule has 9 aromatic rings. The third-order valence-corrected chi connectivity index (χ3v) is 11.2. The van der Waals surface area contributed by atoms with Crippen LogP contribution in [0.15, 0.2) is 200 Å². The molecule has 1 aliphatic heterocycles. The molecule has 0 radical (unpaired) electrons. The average molecular weight is 716 g/mol. The van der Waals surface area contributed by atoms with Gasteiger partial charge >= 0.3 is 0 Å². The SMILES string of the molecule is c1ccc(-c2ccc(-c3nc(-c4ccccc4)nc(-c4ccc(-c5cccc6c5Oc5ccccc5C65c6ccccc6-c6ccccc65)cc4)n3)cc2)cc1. The van der Waals surface area contributed by atoms with Crippen LogP contribution in [0.25, 0.3) is 67.5 Å². The first kappa shape index (κ1) is 32.0. The normalized spacial score (nSPS) is 12.9. The molecule has 1 aliphatic carbocycles. The quantitative estimate of drug-likeness (QED) is 0.178. The number of nitrogens with zero attached hydrogens (tertiary/aromatic N) is 3. The number of ether oxygens (including phenoxy) is 1. The highest BCUT2D eigenvalue weighted by molar-refractivity contribution is 5.90. The summed E-state index contributed by atoms with van der Waals surface area (Å²) in [5.74, 6) is 3.63. The summed E-state index contributed by atoms with van der Waals surface area (Å²) < 4.78 is 6.93. The van der Waals surface area contributed by atoms with Crippen LogP contribution < -0.4 is 4.74 Å². The number of para-hydroxylation sites is 2. The van der Waals surface area contributed by atoms with Crippen LogP contribution in [0.5, 0.6) is 11.5 Å². The van der Waals surface area contributed by atoms with E-state index in [1.54, 1.807) is 0 Å². The molecule has 0 saturated carbocycles. The minimum atomic E-state index is -0.512. The van der Waals surface area contributed by atoms with Gasteiger partial charge in [0.25, 0.3) is 0 Å². The molecule has 11 rings (SSSR count). The number of benzene rings is 8. The zero-order valence-electron chi connectivity index (χ0n) is 30.3. The van der Waals surface area contributed by atoms with Crippen molar-refractivity contribution < 1.29 is 4.74 Å². The molecule has 0 fully saturated rings. The Morgan fingerprint density at radius 1 is 0.286 bits per heavy atom. The fourth-order valence-corrected chi connectivity index (χ4v) is 8.70. The summed E-state index contributed by atoms with van der Waals surface area (Å²) in [6.45, 7) is 0. The molecule has 0 saturated heterocycles. The maximum atomic E-state index is 6.93. The van der Waals surface area contributed by atoms with E-state index in [9.17, 15) is 0 Å². The summed E-state index contributed by atoms with van der Waals surface area (Å²) in [5, 5.41) is 0. The Balaban J connectivity index is 1.02. The number of aromatic nitrogens is 3. The Kier molecular flexibility index (Phi) is 7.36. The van der Waals surface area contributed by atoms with Gasteiger partial charge in [0.2, 0.25) is 0 Å². The Labute approximate surface area is 325 Å². The van der Waals surface area contributed by atoms with Crippen LogP contribution in [0, 0.1) is 0 Å². The van der Waals surface area contributed by atoms with Crippen LogP contribution in [0.3, 0.4) is 0 Å². The maximum Gasteiger partial charge on any atom is 0.164 e. The van der Waals surface area contributed by atoms with Crippen molar-refractivity contribution in [3.8, 4) is 79.0 Å². The van der Waals surface area contributed by atoms with Gasteiger partial charge in [0.1, 0.15) is 11.5 Å². The Morgan fingerprint density at radius 3 is 1.27 bits per heavy atom. The Hall–Kier alpha value is -7.43. The van der Waals surface area contributed by atoms with Crippen LogP contribution in [-0.4, -0.2) is 15.0 Å². The zero-order valence-corrected chi connectivity index (χ0v) is 30.3. The van der Waals surface area contributed by atoms with Gasteiger partial charge in [-0.25, -0.2) is 15.0 Å². The third kappa shape index (κ3) is 4.96. The van der Waals surface area contributed by atoms with Gasteiger partial charge < -0.3 is 4.74 Å². The number of fused-ring (bicyclic) bond motifs is 9. The number of hydrogen-bond acceptors (Lipinski definition) is 4. The molecule has 4 heteroatoms. The van der Waals surface area contributed by atoms with Crippen molar-refractivity contribution in [3.63, 3.8) is 0 Å². The molecule has 262 valence electrons. The van der Waals surface area contributed by atoms with Gasteiger partial charge in [-0.2, -0.15) is 0 Å². The van der Waals surface area contributed by atoms with Crippen LogP contribution in [0.4, 0.5) is 0 Å². The minimum Gasteiger partial charge on any atom is -0.456 e. The lowest BCUT2D eigenvalue weighted by Crippen LogP contribution is -2.32. The lowest BCUT2D eigenvalue weighted by Gasteiger charge is -2.40. The molecule has 0 bridgehead atoms. The van der Waals surface area contributed by atoms with Crippen molar-refractivity contribution in [2.75, 3.05) is 0 Å². The number of hydrogen-bond donors (Lipinski definition) is 0. The molecule has 0 amide bonds. The van der Waals surface area contributed by atoms with E-state index in [1.165, 1.54) is 27.8 Å². The van der Waals surface area contributed by atoms with Crippen molar-refractivity contribution in [1.29, 1.82) is 0 Å². The minimum absolute atomic E-state index is 0.512. The van der Waals surface area contributed by atoms with E-state index in [4.69, 9.17) is 19.7 Å². The van der Waals surface area contributed by atoms with E-state index in [2.05, 4.69) is 164 Å². The van der Waals surface area contributed by atoms with Gasteiger partial charge in [-0.3, -0.25) is 0 Å². The van der Waals surface area contributed by atoms with Crippen LogP contribution >= 0.6 is 0 Å². The van der Waals surface area contributed by atoms with Crippen LogP contribution in [-0.2, 0) is 5.41 Å². The molecule has 0 N–H and O–H groups in total. The van der Waals surface area contributed by atoms with E-state index >= 15 is 0 Å². The average Bonchev–Trinajstić information content (AvgIpc) is 3.57. The van der Waals surface area contributed by atoms with Crippen LogP contribution in [0.1, 0.15) is 22.3 Å². The van der Waals surface area contributed by atoms with Crippen molar-refractivity contribution in [2.24, 2.45) is 0 Å². The second kappa shape index (κ2) is 12.9. The van der Waals surface area contributed by atoms with Crippen molar-refractivity contribution in [3.05, 3.63) is 222 Å². The topological polar surface area (TPSA) is 47.9 Å². The fourth-order valence-electron chi connectivity index (χ4n) is 8.70. The first-order chi connectivity index (χ1) is 27.8. The van der Waals surface area contributed by atoms with E-state index in [-0.39, 0.29) is 0 Å². The lowest BCUT2D eigenvalue weighted by atomic mass is 9.65. The van der Waals surface area contributed by atoms with Crippen molar-refractivity contribution >= 4 is 0 Å². The third-order valence-electron chi connectivity index (χ3n) is 11.2. The molecular weight excluding hydrogens is 683 g/mol.